The summed E-state index contributed by atoms with van der Waals surface area (Å²) < 4.78 is 0. The standard InChI is InChI=1S/C23H23N3O/c1-16(2)19-8-4-5-9-20(19)25-23(27)21-12-11-18(15-24-21)26-14-13-17-7-3-6-10-22(17)26/h3-12,15-16H,13-14H2,1-2H3,(H,25,27). The molecule has 136 valence electrons. The zero-order valence-corrected chi connectivity index (χ0v) is 15.6. The van der Waals surface area contributed by atoms with Gasteiger partial charge in [-0.3, -0.25) is 4.79 Å². The Balaban J connectivity index is 1.52. The lowest BCUT2D eigenvalue weighted by Gasteiger charge is -2.19. The zero-order valence-electron chi connectivity index (χ0n) is 15.6. The van der Waals surface area contributed by atoms with Gasteiger partial charge in [0.05, 0.1) is 11.9 Å². The van der Waals surface area contributed by atoms with E-state index in [1.54, 1.807) is 12.3 Å². The number of carbonyl (C=O) groups excluding carboxylic acids is 1. The van der Waals surface area contributed by atoms with Crippen molar-refractivity contribution in [2.24, 2.45) is 0 Å². The van der Waals surface area contributed by atoms with Crippen LogP contribution in [0.5, 0.6) is 0 Å². The Hall–Kier alpha value is -3.14. The number of aromatic nitrogens is 1. The molecule has 0 unspecified atom stereocenters. The van der Waals surface area contributed by atoms with Gasteiger partial charge in [0, 0.05) is 17.9 Å². The number of para-hydroxylation sites is 2. The van der Waals surface area contributed by atoms with E-state index in [1.165, 1.54) is 11.3 Å². The number of hydrogen-bond donors (Lipinski definition) is 1. The van der Waals surface area contributed by atoms with Gasteiger partial charge in [-0.2, -0.15) is 0 Å². The van der Waals surface area contributed by atoms with Crippen LogP contribution in [0.1, 0.15) is 41.4 Å². The first kappa shape index (κ1) is 17.3. The van der Waals surface area contributed by atoms with Crippen molar-refractivity contribution in [3.05, 3.63) is 83.7 Å². The number of anilines is 3. The monoisotopic (exact) mass is 357 g/mol. The van der Waals surface area contributed by atoms with Gasteiger partial charge >= 0.3 is 0 Å². The molecule has 1 aliphatic rings. The number of fused-ring (bicyclic) bond motifs is 1. The van der Waals surface area contributed by atoms with Gasteiger partial charge in [0.1, 0.15) is 5.69 Å². The van der Waals surface area contributed by atoms with Crippen molar-refractivity contribution >= 4 is 23.0 Å². The van der Waals surface area contributed by atoms with Crippen LogP contribution >= 0.6 is 0 Å². The average molecular weight is 357 g/mol. The molecule has 4 nitrogen and oxygen atoms in total. The number of amides is 1. The first-order valence-electron chi connectivity index (χ1n) is 9.35. The molecule has 0 spiro atoms. The van der Waals surface area contributed by atoms with Crippen LogP contribution in [0.15, 0.2) is 66.9 Å². The van der Waals surface area contributed by atoms with Crippen LogP contribution in [-0.4, -0.2) is 17.4 Å². The van der Waals surface area contributed by atoms with Crippen LogP contribution in [0.3, 0.4) is 0 Å². The fourth-order valence-corrected chi connectivity index (χ4v) is 3.59. The highest BCUT2D eigenvalue weighted by atomic mass is 16.1. The van der Waals surface area contributed by atoms with Crippen molar-refractivity contribution in [2.75, 3.05) is 16.8 Å². The number of carbonyl (C=O) groups is 1. The van der Waals surface area contributed by atoms with Crippen LogP contribution in [0.2, 0.25) is 0 Å². The van der Waals surface area contributed by atoms with Gasteiger partial charge in [0.2, 0.25) is 0 Å². The van der Waals surface area contributed by atoms with Gasteiger partial charge in [0.15, 0.2) is 0 Å². The summed E-state index contributed by atoms with van der Waals surface area (Å²) in [5.74, 6) is 0.156. The predicted molar refractivity (Wildman–Crippen MR) is 110 cm³/mol. The molecule has 1 aromatic heterocycles. The largest absolute Gasteiger partial charge is 0.340 e. The normalized spacial score (nSPS) is 12.9. The van der Waals surface area contributed by atoms with E-state index in [2.05, 4.69) is 53.3 Å². The quantitative estimate of drug-likeness (QED) is 0.702. The summed E-state index contributed by atoms with van der Waals surface area (Å²) in [5.41, 5.74) is 5.98. The van der Waals surface area contributed by atoms with Crippen molar-refractivity contribution in [3.63, 3.8) is 0 Å². The molecule has 1 amide bonds. The van der Waals surface area contributed by atoms with E-state index in [0.717, 1.165) is 29.9 Å². The number of nitrogens with one attached hydrogen (secondary N) is 1. The minimum absolute atomic E-state index is 0.184. The third-order valence-corrected chi connectivity index (χ3v) is 5.01. The molecule has 4 rings (SSSR count). The summed E-state index contributed by atoms with van der Waals surface area (Å²) in [6.45, 7) is 5.17. The summed E-state index contributed by atoms with van der Waals surface area (Å²) >= 11 is 0. The van der Waals surface area contributed by atoms with Gasteiger partial charge in [0.25, 0.3) is 5.91 Å². The molecule has 0 saturated carbocycles. The zero-order chi connectivity index (χ0) is 18.8. The van der Waals surface area contributed by atoms with Crippen LogP contribution in [0.25, 0.3) is 0 Å². The Morgan fingerprint density at radius 2 is 1.81 bits per heavy atom. The summed E-state index contributed by atoms with van der Waals surface area (Å²) in [4.78, 5) is 19.3. The second kappa shape index (κ2) is 7.23. The third-order valence-electron chi connectivity index (χ3n) is 5.01. The summed E-state index contributed by atoms with van der Waals surface area (Å²) in [5, 5.41) is 3.00. The highest BCUT2D eigenvalue weighted by molar-refractivity contribution is 6.03. The highest BCUT2D eigenvalue weighted by Crippen LogP contribution is 2.33. The van der Waals surface area contributed by atoms with Crippen molar-refractivity contribution in [2.45, 2.75) is 26.2 Å². The van der Waals surface area contributed by atoms with E-state index in [1.807, 2.05) is 30.3 Å². The molecule has 0 saturated heterocycles. The molecule has 1 N–H and O–H groups in total. The molecule has 0 fully saturated rings. The van der Waals surface area contributed by atoms with Gasteiger partial charge in [-0.15, -0.1) is 0 Å². The molecule has 0 aliphatic carbocycles. The molecular formula is C23H23N3O. The molecule has 0 atom stereocenters. The first-order chi connectivity index (χ1) is 13.1. The Morgan fingerprint density at radius 1 is 1.04 bits per heavy atom. The molecule has 4 heteroatoms. The minimum atomic E-state index is -0.184. The number of nitrogens with zero attached hydrogens (tertiary/aromatic N) is 2. The lowest BCUT2D eigenvalue weighted by Crippen LogP contribution is -2.17. The van der Waals surface area contributed by atoms with Gasteiger partial charge in [-0.1, -0.05) is 50.2 Å². The molecule has 2 heterocycles. The number of rotatable bonds is 4. The highest BCUT2D eigenvalue weighted by Gasteiger charge is 2.20. The fraction of sp³-hybridized carbons (Fsp3) is 0.217. The average Bonchev–Trinajstić information content (AvgIpc) is 3.12. The van der Waals surface area contributed by atoms with Crippen molar-refractivity contribution in [1.29, 1.82) is 0 Å². The van der Waals surface area contributed by atoms with Crippen molar-refractivity contribution in [1.82, 2.24) is 4.98 Å². The molecule has 0 bridgehead atoms. The Bertz CT molecular complexity index is 963. The van der Waals surface area contributed by atoms with Crippen LogP contribution in [-0.2, 0) is 6.42 Å². The Labute approximate surface area is 159 Å². The number of pyridine rings is 1. The molecule has 3 aromatic rings. The topological polar surface area (TPSA) is 45.2 Å². The number of hydrogen-bond acceptors (Lipinski definition) is 3. The predicted octanol–water partition coefficient (Wildman–Crippen LogP) is 5.15. The SMILES string of the molecule is CC(C)c1ccccc1NC(=O)c1ccc(N2CCc3ccccc32)cn1. The third kappa shape index (κ3) is 3.43. The lowest BCUT2D eigenvalue weighted by atomic mass is 10.0. The van der Waals surface area contributed by atoms with E-state index in [9.17, 15) is 4.79 Å². The maximum Gasteiger partial charge on any atom is 0.274 e. The molecule has 1 aliphatic heterocycles. The van der Waals surface area contributed by atoms with E-state index in [-0.39, 0.29) is 5.91 Å². The summed E-state index contributed by atoms with van der Waals surface area (Å²) in [7, 11) is 0. The van der Waals surface area contributed by atoms with Gasteiger partial charge in [-0.05, 0) is 47.7 Å². The van der Waals surface area contributed by atoms with Crippen LogP contribution in [0.4, 0.5) is 17.1 Å². The maximum absolute atomic E-state index is 12.6. The molecule has 0 radical (unpaired) electrons. The van der Waals surface area contributed by atoms with Gasteiger partial charge < -0.3 is 10.2 Å². The fourth-order valence-electron chi connectivity index (χ4n) is 3.59. The van der Waals surface area contributed by atoms with E-state index < -0.39 is 0 Å². The van der Waals surface area contributed by atoms with Crippen molar-refractivity contribution in [3.8, 4) is 0 Å². The van der Waals surface area contributed by atoms with Crippen molar-refractivity contribution < 1.29 is 4.79 Å². The smallest absolute Gasteiger partial charge is 0.274 e. The molecular weight excluding hydrogens is 334 g/mol. The Kier molecular flexibility index (Phi) is 4.63. The van der Waals surface area contributed by atoms with E-state index >= 15 is 0 Å². The number of benzene rings is 2. The van der Waals surface area contributed by atoms with Crippen LogP contribution < -0.4 is 10.2 Å². The summed E-state index contributed by atoms with van der Waals surface area (Å²) in [6.07, 6.45) is 2.82. The lowest BCUT2D eigenvalue weighted by molar-refractivity contribution is 0.102. The Morgan fingerprint density at radius 3 is 2.59 bits per heavy atom. The second-order valence-corrected chi connectivity index (χ2v) is 7.13. The molecule has 27 heavy (non-hydrogen) atoms. The van der Waals surface area contributed by atoms with Gasteiger partial charge in [-0.25, -0.2) is 4.98 Å². The van der Waals surface area contributed by atoms with E-state index in [0.29, 0.717) is 11.6 Å². The minimum Gasteiger partial charge on any atom is -0.340 e. The van der Waals surface area contributed by atoms with Crippen LogP contribution in [0, 0.1) is 0 Å². The summed E-state index contributed by atoms with van der Waals surface area (Å²) in [6, 6.07) is 20.1. The second-order valence-electron chi connectivity index (χ2n) is 7.13. The maximum atomic E-state index is 12.6. The molecule has 2 aromatic carbocycles. The van der Waals surface area contributed by atoms with E-state index in [4.69, 9.17) is 0 Å². The first-order valence-corrected chi connectivity index (χ1v) is 9.35.